The molecule has 0 saturated heterocycles. The summed E-state index contributed by atoms with van der Waals surface area (Å²) in [7, 11) is 0. The Kier molecular flexibility index (Phi) is 4.52. The van der Waals surface area contributed by atoms with Gasteiger partial charge in [-0.3, -0.25) is 20.4 Å². The molecule has 0 aliphatic heterocycles. The first-order valence-electron chi connectivity index (χ1n) is 7.67. The SMILES string of the molecule is Cc1ccc(-c2cc(NC(=O)Nc3cc(C)n(CCC#N)n3)n[nH]2)o1. The Morgan fingerprint density at radius 2 is 2.12 bits per heavy atom. The number of furan rings is 1. The van der Waals surface area contributed by atoms with E-state index < -0.39 is 6.03 Å². The minimum atomic E-state index is -0.460. The molecule has 0 fully saturated rings. The van der Waals surface area contributed by atoms with Crippen LogP contribution in [0, 0.1) is 25.2 Å². The fourth-order valence-electron chi connectivity index (χ4n) is 2.31. The highest BCUT2D eigenvalue weighted by Crippen LogP contribution is 2.22. The van der Waals surface area contributed by atoms with E-state index >= 15 is 0 Å². The molecule has 0 bridgehead atoms. The number of urea groups is 1. The van der Waals surface area contributed by atoms with Crippen LogP contribution in [-0.2, 0) is 6.54 Å². The number of aromatic nitrogens is 4. The summed E-state index contributed by atoms with van der Waals surface area (Å²) in [5.41, 5.74) is 1.53. The maximum absolute atomic E-state index is 12.1. The summed E-state index contributed by atoms with van der Waals surface area (Å²) in [4.78, 5) is 12.1. The molecular formula is C16H17N7O2. The van der Waals surface area contributed by atoms with E-state index in [0.717, 1.165) is 11.5 Å². The largest absolute Gasteiger partial charge is 0.460 e. The Hall–Kier alpha value is -3.54. The highest BCUT2D eigenvalue weighted by Gasteiger charge is 2.11. The molecule has 9 nitrogen and oxygen atoms in total. The van der Waals surface area contributed by atoms with Gasteiger partial charge in [0.25, 0.3) is 0 Å². The van der Waals surface area contributed by atoms with Gasteiger partial charge < -0.3 is 4.42 Å². The quantitative estimate of drug-likeness (QED) is 0.659. The van der Waals surface area contributed by atoms with E-state index in [1.807, 2.05) is 26.0 Å². The van der Waals surface area contributed by atoms with Crippen molar-refractivity contribution in [3.63, 3.8) is 0 Å². The number of H-pyrrole nitrogens is 1. The van der Waals surface area contributed by atoms with Crippen LogP contribution < -0.4 is 10.6 Å². The molecule has 0 aliphatic rings. The van der Waals surface area contributed by atoms with Crippen LogP contribution in [0.1, 0.15) is 17.9 Å². The van der Waals surface area contributed by atoms with E-state index in [2.05, 4.69) is 32.0 Å². The van der Waals surface area contributed by atoms with Crippen LogP contribution >= 0.6 is 0 Å². The second-order valence-corrected chi connectivity index (χ2v) is 5.46. The van der Waals surface area contributed by atoms with Crippen LogP contribution in [0.3, 0.4) is 0 Å². The average Bonchev–Trinajstić information content (AvgIpc) is 3.26. The topological polar surface area (TPSA) is 125 Å². The van der Waals surface area contributed by atoms with Gasteiger partial charge in [0.05, 0.1) is 19.0 Å². The number of nitrogens with one attached hydrogen (secondary N) is 3. The maximum atomic E-state index is 12.1. The van der Waals surface area contributed by atoms with Gasteiger partial charge in [0, 0.05) is 17.8 Å². The number of carbonyl (C=O) groups excluding carboxylic acids is 1. The number of aromatic amines is 1. The number of anilines is 2. The lowest BCUT2D eigenvalue weighted by atomic mass is 10.3. The van der Waals surface area contributed by atoms with E-state index in [9.17, 15) is 4.79 Å². The van der Waals surface area contributed by atoms with Gasteiger partial charge in [-0.15, -0.1) is 0 Å². The number of amides is 2. The molecule has 0 atom stereocenters. The van der Waals surface area contributed by atoms with Crippen molar-refractivity contribution in [2.24, 2.45) is 0 Å². The van der Waals surface area contributed by atoms with Crippen LogP contribution in [0.2, 0.25) is 0 Å². The average molecular weight is 339 g/mol. The number of aryl methyl sites for hydroxylation is 3. The third-order valence-electron chi connectivity index (χ3n) is 3.48. The molecule has 0 unspecified atom stereocenters. The molecule has 2 amide bonds. The molecule has 3 aromatic heterocycles. The molecular weight excluding hydrogens is 322 g/mol. The smallest absolute Gasteiger partial charge is 0.326 e. The lowest BCUT2D eigenvalue weighted by Gasteiger charge is -2.02. The van der Waals surface area contributed by atoms with Crippen LogP contribution in [0.5, 0.6) is 0 Å². The molecule has 0 aromatic carbocycles. The third-order valence-corrected chi connectivity index (χ3v) is 3.48. The zero-order chi connectivity index (χ0) is 17.8. The second-order valence-electron chi connectivity index (χ2n) is 5.46. The predicted molar refractivity (Wildman–Crippen MR) is 90.9 cm³/mol. The molecule has 3 aromatic rings. The normalized spacial score (nSPS) is 10.4. The zero-order valence-corrected chi connectivity index (χ0v) is 13.8. The number of nitriles is 1. The van der Waals surface area contributed by atoms with Crippen molar-refractivity contribution >= 4 is 17.7 Å². The number of carbonyl (C=O) groups is 1. The highest BCUT2D eigenvalue weighted by atomic mass is 16.3. The summed E-state index contributed by atoms with van der Waals surface area (Å²) in [5.74, 6) is 2.21. The van der Waals surface area contributed by atoms with Crippen LogP contribution in [0.4, 0.5) is 16.4 Å². The molecule has 0 spiro atoms. The van der Waals surface area contributed by atoms with Crippen LogP contribution in [0.25, 0.3) is 11.5 Å². The minimum Gasteiger partial charge on any atom is -0.460 e. The van der Waals surface area contributed by atoms with Crippen molar-refractivity contribution in [1.82, 2.24) is 20.0 Å². The summed E-state index contributed by atoms with van der Waals surface area (Å²) in [6.07, 6.45) is 0.358. The number of rotatable bonds is 5. The van der Waals surface area contributed by atoms with E-state index in [0.29, 0.717) is 36.1 Å². The first-order chi connectivity index (χ1) is 12.0. The lowest BCUT2D eigenvalue weighted by molar-refractivity contribution is 0.262. The Labute approximate surface area is 143 Å². The van der Waals surface area contributed by atoms with Gasteiger partial charge in [-0.2, -0.15) is 15.5 Å². The van der Waals surface area contributed by atoms with Gasteiger partial charge in [-0.25, -0.2) is 4.79 Å². The van der Waals surface area contributed by atoms with Crippen LogP contribution in [-0.4, -0.2) is 26.0 Å². The van der Waals surface area contributed by atoms with E-state index in [4.69, 9.17) is 9.68 Å². The number of nitrogens with zero attached hydrogens (tertiary/aromatic N) is 4. The highest BCUT2D eigenvalue weighted by molar-refractivity contribution is 5.98. The predicted octanol–water partition coefficient (Wildman–Crippen LogP) is 3.04. The monoisotopic (exact) mass is 339 g/mol. The van der Waals surface area contributed by atoms with Gasteiger partial charge in [0.1, 0.15) is 11.5 Å². The zero-order valence-electron chi connectivity index (χ0n) is 13.8. The molecule has 3 heterocycles. The molecule has 0 radical (unpaired) electrons. The summed E-state index contributed by atoms with van der Waals surface area (Å²) in [6.45, 7) is 4.19. The minimum absolute atomic E-state index is 0.358. The first kappa shape index (κ1) is 16.3. The molecule has 0 saturated carbocycles. The van der Waals surface area contributed by atoms with Gasteiger partial charge in [-0.1, -0.05) is 0 Å². The van der Waals surface area contributed by atoms with Crippen molar-refractivity contribution in [2.75, 3.05) is 10.6 Å². The second kappa shape index (κ2) is 6.92. The van der Waals surface area contributed by atoms with Crippen molar-refractivity contribution in [3.05, 3.63) is 35.7 Å². The van der Waals surface area contributed by atoms with Crippen molar-refractivity contribution in [3.8, 4) is 17.5 Å². The Balaban J connectivity index is 1.61. The molecule has 128 valence electrons. The van der Waals surface area contributed by atoms with Gasteiger partial charge >= 0.3 is 6.03 Å². The molecule has 25 heavy (non-hydrogen) atoms. The summed E-state index contributed by atoms with van der Waals surface area (Å²) in [5, 5.41) is 25.0. The van der Waals surface area contributed by atoms with Crippen molar-refractivity contribution in [1.29, 1.82) is 5.26 Å². The van der Waals surface area contributed by atoms with E-state index in [-0.39, 0.29) is 0 Å². The lowest BCUT2D eigenvalue weighted by Crippen LogP contribution is -2.20. The molecule has 9 heteroatoms. The summed E-state index contributed by atoms with van der Waals surface area (Å²) >= 11 is 0. The maximum Gasteiger partial charge on any atom is 0.326 e. The fraction of sp³-hybridized carbons (Fsp3) is 0.250. The standard InChI is InChI=1S/C16H17N7O2/c1-10-8-15(22-23(10)7-3-6-17)19-16(24)18-14-9-12(20-21-14)13-5-4-11(2)25-13/h4-5,8-9H,3,7H2,1-2H3,(H3,18,19,20,21,22,24). The van der Waals surface area contributed by atoms with E-state index in [1.165, 1.54) is 0 Å². The van der Waals surface area contributed by atoms with E-state index in [1.54, 1.807) is 16.8 Å². The Morgan fingerprint density at radius 1 is 1.32 bits per heavy atom. The van der Waals surface area contributed by atoms with Crippen molar-refractivity contribution < 1.29 is 9.21 Å². The summed E-state index contributed by atoms with van der Waals surface area (Å²) < 4.78 is 7.17. The Bertz CT molecular complexity index is 929. The van der Waals surface area contributed by atoms with Crippen molar-refractivity contribution in [2.45, 2.75) is 26.8 Å². The number of hydrogen-bond donors (Lipinski definition) is 3. The Morgan fingerprint density at radius 3 is 2.84 bits per heavy atom. The third kappa shape index (κ3) is 3.87. The first-order valence-corrected chi connectivity index (χ1v) is 7.67. The van der Waals surface area contributed by atoms with Gasteiger partial charge in [-0.05, 0) is 26.0 Å². The number of hydrogen-bond acceptors (Lipinski definition) is 5. The molecule has 3 N–H and O–H groups in total. The van der Waals surface area contributed by atoms with Gasteiger partial charge in [0.2, 0.25) is 0 Å². The summed E-state index contributed by atoms with van der Waals surface area (Å²) in [6, 6.07) is 8.68. The van der Waals surface area contributed by atoms with Gasteiger partial charge in [0.15, 0.2) is 17.4 Å². The molecule has 3 rings (SSSR count). The molecule has 0 aliphatic carbocycles. The fourth-order valence-corrected chi connectivity index (χ4v) is 2.31. The van der Waals surface area contributed by atoms with Crippen LogP contribution in [0.15, 0.2) is 28.7 Å².